The molecule has 570 valence electrons. The molecule has 0 aliphatic rings. The van der Waals surface area contributed by atoms with E-state index in [9.17, 15) is 43.5 Å². The summed E-state index contributed by atoms with van der Waals surface area (Å²) in [4.78, 5) is 58.5. The Labute approximate surface area is 602 Å². The van der Waals surface area contributed by atoms with Gasteiger partial charge in [0.1, 0.15) is 25.4 Å². The Balaban J connectivity index is 4.46. The number of carbonyl (C=O) groups is 3. The summed E-state index contributed by atoms with van der Waals surface area (Å²) in [5.74, 6) is -1.58. The Morgan fingerprint density at radius 3 is 0.848 bits per heavy atom. The lowest BCUT2D eigenvalue weighted by molar-refractivity contribution is -0.161. The Morgan fingerprint density at radius 1 is 0.293 bits per heavy atom. The van der Waals surface area contributed by atoms with Gasteiger partial charge in [0, 0.05) is 19.3 Å². The summed E-state index contributed by atoms with van der Waals surface area (Å²) < 4.78 is 61.1. The van der Waals surface area contributed by atoms with Crippen LogP contribution in [0.15, 0.2) is 122 Å². The molecule has 18 heteroatoms. The first-order valence-electron chi connectivity index (χ1n) is 38.8. The third kappa shape index (κ3) is 74.9. The summed E-state index contributed by atoms with van der Waals surface area (Å²) in [7, 11) is -9.78. The predicted molar refractivity (Wildman–Crippen MR) is 408 cm³/mol. The number of hydrogen-bond donors (Lipinski definition) is 4. The van der Waals surface area contributed by atoms with Crippen molar-refractivity contribution in [1.29, 1.82) is 0 Å². The second-order valence-electron chi connectivity index (χ2n) is 25.8. The topological polar surface area (TPSA) is 231 Å². The van der Waals surface area contributed by atoms with E-state index in [0.717, 1.165) is 154 Å². The van der Waals surface area contributed by atoms with Crippen LogP contribution in [0.4, 0.5) is 0 Å². The van der Waals surface area contributed by atoms with E-state index >= 15 is 0 Å². The SMILES string of the molecule is CC/C=C\C/C=C\C/C=C\C/C=C\C/C=C\C/C=C\CCCCCCCCCCCCCCC(=O)OCC(O)COP(=O)(O)OCC(O)COP(=O)(O)OCC(COC(=O)CCCCCCCC/C=C\C/C=C\C/C=C\C/C=C\CC)OC(=O)CCCCCCCCCCCCCCC. The zero-order chi connectivity index (χ0) is 72.3. The van der Waals surface area contributed by atoms with Crippen LogP contribution < -0.4 is 0 Å². The van der Waals surface area contributed by atoms with E-state index in [-0.39, 0.29) is 19.3 Å². The van der Waals surface area contributed by atoms with Crippen molar-refractivity contribution >= 4 is 33.6 Å². The number of aliphatic hydroxyl groups excluding tert-OH is 2. The third-order valence-electron chi connectivity index (χ3n) is 16.2. The third-order valence-corrected chi connectivity index (χ3v) is 18.1. The predicted octanol–water partition coefficient (Wildman–Crippen LogP) is 22.5. The Hall–Kier alpha value is -4.05. The van der Waals surface area contributed by atoms with Gasteiger partial charge in [-0.05, 0) is 109 Å². The number of unbranched alkanes of at least 4 members (excludes halogenated alkanes) is 30. The average Bonchev–Trinajstić information content (AvgIpc) is 1.02. The first-order valence-corrected chi connectivity index (χ1v) is 41.8. The number of esters is 3. The van der Waals surface area contributed by atoms with Gasteiger partial charge in [0.15, 0.2) is 6.10 Å². The van der Waals surface area contributed by atoms with Gasteiger partial charge in [-0.2, -0.15) is 0 Å². The monoisotopic (exact) mass is 1430 g/mol. The van der Waals surface area contributed by atoms with Crippen molar-refractivity contribution in [2.45, 2.75) is 334 Å². The lowest BCUT2D eigenvalue weighted by atomic mass is 10.0. The van der Waals surface area contributed by atoms with E-state index in [4.69, 9.17) is 32.3 Å². The van der Waals surface area contributed by atoms with Crippen LogP contribution in [0.3, 0.4) is 0 Å². The molecule has 0 saturated carbocycles. The largest absolute Gasteiger partial charge is 0.472 e. The van der Waals surface area contributed by atoms with Gasteiger partial charge in [-0.25, -0.2) is 9.13 Å². The summed E-state index contributed by atoms with van der Waals surface area (Å²) in [6.07, 6.45) is 86.8. The lowest BCUT2D eigenvalue weighted by Crippen LogP contribution is -2.30. The Morgan fingerprint density at radius 2 is 0.535 bits per heavy atom. The molecule has 16 nitrogen and oxygen atoms in total. The number of allylic oxidation sites excluding steroid dienone is 20. The van der Waals surface area contributed by atoms with E-state index in [1.807, 2.05) is 0 Å². The van der Waals surface area contributed by atoms with Crippen molar-refractivity contribution in [3.63, 3.8) is 0 Å². The smallest absolute Gasteiger partial charge is 0.463 e. The molecule has 0 spiro atoms. The van der Waals surface area contributed by atoms with Gasteiger partial charge in [0.25, 0.3) is 0 Å². The van der Waals surface area contributed by atoms with Crippen LogP contribution in [0, 0.1) is 0 Å². The zero-order valence-electron chi connectivity index (χ0n) is 62.1. The molecule has 0 aromatic carbocycles. The summed E-state index contributed by atoms with van der Waals surface area (Å²) in [6.45, 7) is 2.45. The van der Waals surface area contributed by atoms with Gasteiger partial charge in [0.05, 0.1) is 26.4 Å². The highest BCUT2D eigenvalue weighted by molar-refractivity contribution is 7.47. The fourth-order valence-corrected chi connectivity index (χ4v) is 11.9. The highest BCUT2D eigenvalue weighted by atomic mass is 31.2. The van der Waals surface area contributed by atoms with Crippen molar-refractivity contribution in [3.8, 4) is 0 Å². The molecule has 0 saturated heterocycles. The number of hydrogen-bond acceptors (Lipinski definition) is 14. The minimum atomic E-state index is -4.93. The maximum absolute atomic E-state index is 12.9. The van der Waals surface area contributed by atoms with Crippen LogP contribution >= 0.6 is 15.6 Å². The molecule has 5 atom stereocenters. The number of rotatable bonds is 73. The highest BCUT2D eigenvalue weighted by Gasteiger charge is 2.29. The summed E-state index contributed by atoms with van der Waals surface area (Å²) >= 11 is 0. The van der Waals surface area contributed by atoms with Crippen LogP contribution in [-0.4, -0.2) is 95.9 Å². The van der Waals surface area contributed by atoms with Crippen LogP contribution in [0.25, 0.3) is 0 Å². The molecule has 0 aliphatic heterocycles. The first-order chi connectivity index (χ1) is 48.2. The number of phosphoric ester groups is 2. The molecule has 4 N–H and O–H groups in total. The fraction of sp³-hybridized carbons (Fsp3) is 0.716. The van der Waals surface area contributed by atoms with Gasteiger partial charge in [-0.1, -0.05) is 309 Å². The number of phosphoric acid groups is 2. The van der Waals surface area contributed by atoms with Crippen LogP contribution in [0.1, 0.15) is 316 Å². The van der Waals surface area contributed by atoms with Crippen molar-refractivity contribution in [3.05, 3.63) is 122 Å². The minimum Gasteiger partial charge on any atom is -0.463 e. The quantitative estimate of drug-likeness (QED) is 0.0146. The molecule has 0 amide bonds. The summed E-state index contributed by atoms with van der Waals surface area (Å²) in [5, 5.41) is 20.6. The van der Waals surface area contributed by atoms with Gasteiger partial charge >= 0.3 is 33.6 Å². The van der Waals surface area contributed by atoms with Crippen LogP contribution in [0.2, 0.25) is 0 Å². The van der Waals surface area contributed by atoms with Crippen LogP contribution in [0.5, 0.6) is 0 Å². The molecule has 0 heterocycles. The number of aliphatic hydroxyl groups is 2. The average molecular weight is 1430 g/mol. The van der Waals surface area contributed by atoms with Gasteiger partial charge in [-0.15, -0.1) is 0 Å². The van der Waals surface area contributed by atoms with Gasteiger partial charge in [0.2, 0.25) is 0 Å². The second kappa shape index (κ2) is 73.7. The van der Waals surface area contributed by atoms with Crippen molar-refractivity contribution < 1.29 is 75.8 Å². The number of carbonyl (C=O) groups excluding carboxylic acids is 3. The van der Waals surface area contributed by atoms with E-state index in [0.29, 0.717) is 19.3 Å². The molecule has 0 aromatic rings. The minimum absolute atomic E-state index is 0.103. The Kier molecular flexibility index (Phi) is 70.7. The lowest BCUT2D eigenvalue weighted by Gasteiger charge is -2.21. The Bertz CT molecular complexity index is 2290. The van der Waals surface area contributed by atoms with Crippen molar-refractivity contribution in [1.82, 2.24) is 0 Å². The summed E-state index contributed by atoms with van der Waals surface area (Å²) in [5.41, 5.74) is 0. The number of ether oxygens (including phenoxy) is 3. The molecule has 5 unspecified atom stereocenters. The summed E-state index contributed by atoms with van der Waals surface area (Å²) in [6, 6.07) is 0. The van der Waals surface area contributed by atoms with Crippen molar-refractivity contribution in [2.75, 3.05) is 39.6 Å². The van der Waals surface area contributed by atoms with E-state index in [1.165, 1.54) is 103 Å². The normalized spacial score (nSPS) is 14.7. The molecule has 99 heavy (non-hydrogen) atoms. The second-order valence-corrected chi connectivity index (χ2v) is 28.7. The van der Waals surface area contributed by atoms with E-state index in [2.05, 4.69) is 142 Å². The molecule has 0 radical (unpaired) electrons. The zero-order valence-corrected chi connectivity index (χ0v) is 63.9. The highest BCUT2D eigenvalue weighted by Crippen LogP contribution is 2.45. The van der Waals surface area contributed by atoms with Gasteiger partial charge < -0.3 is 34.2 Å². The molecular weight excluding hydrogens is 1290 g/mol. The van der Waals surface area contributed by atoms with E-state index in [1.54, 1.807) is 0 Å². The standard InChI is InChI=1S/C81H140O16P2/c1-4-7-10-13-16-19-22-25-27-29-31-32-33-34-35-36-37-38-39-40-41-42-44-46-47-50-52-55-58-61-64-67-79(84)91-70-76(82)71-93-98(87,88)94-72-77(83)73-95-99(89,90)96-75-78(97-81(86)69-66-63-60-57-54-49-24-21-18-15-12-9-6-3)74-92-80(85)68-65-62-59-56-53-51-48-45-43-30-28-26-23-20-17-14-11-8-5-2/h7-8,10-11,16-17,19-20,25-28,31-32,34-35,37-38,43,45,76-78,82-83H,4-6,9,12-15,18,21-24,29-30,33,36,39-42,44,46-75H2,1-3H3,(H,87,88)(H,89,90)/b10-7-,11-8-,19-16-,20-17-,27-25-,28-26-,32-31-,35-34-,38-37-,45-43-. The van der Waals surface area contributed by atoms with Gasteiger partial charge in [-0.3, -0.25) is 32.5 Å². The molecule has 0 aromatic heterocycles. The molecule has 0 aliphatic carbocycles. The van der Waals surface area contributed by atoms with Crippen LogP contribution in [-0.2, 0) is 55.8 Å². The van der Waals surface area contributed by atoms with E-state index < -0.39 is 91.5 Å². The first kappa shape index (κ1) is 94.9. The molecule has 0 fully saturated rings. The van der Waals surface area contributed by atoms with Crippen molar-refractivity contribution in [2.24, 2.45) is 0 Å². The molecule has 0 rings (SSSR count). The fourth-order valence-electron chi connectivity index (χ4n) is 10.3. The molecule has 0 bridgehead atoms. The maximum atomic E-state index is 12.9. The maximum Gasteiger partial charge on any atom is 0.472 e. The molecular formula is C81H140O16P2.